The highest BCUT2D eigenvalue weighted by atomic mass is 79.9. The summed E-state index contributed by atoms with van der Waals surface area (Å²) in [4.78, 5) is 28.3. The largest absolute Gasteiger partial charge is 0.324 e. The smallest absolute Gasteiger partial charge is 0.256 e. The molecule has 138 valence electrons. The summed E-state index contributed by atoms with van der Waals surface area (Å²) in [5.41, 5.74) is 1.43. The average molecular weight is 432 g/mol. The van der Waals surface area contributed by atoms with E-state index in [2.05, 4.69) is 36.6 Å². The van der Waals surface area contributed by atoms with Crippen LogP contribution in [-0.4, -0.2) is 26.6 Å². The number of carbonyl (C=O) groups excluding carboxylic acids is 2. The quantitative estimate of drug-likeness (QED) is 0.645. The summed E-state index contributed by atoms with van der Waals surface area (Å²) < 4.78 is 14.9. The average Bonchev–Trinajstić information content (AvgIpc) is 3.17. The fourth-order valence-electron chi connectivity index (χ4n) is 2.29. The highest BCUT2D eigenvalue weighted by Crippen LogP contribution is 2.21. The molecule has 3 rings (SSSR count). The molecule has 1 unspecified atom stereocenters. The van der Waals surface area contributed by atoms with Crippen molar-refractivity contribution >= 4 is 39.1 Å². The van der Waals surface area contributed by atoms with Crippen LogP contribution < -0.4 is 10.6 Å². The molecule has 0 aliphatic carbocycles. The zero-order valence-corrected chi connectivity index (χ0v) is 15.8. The van der Waals surface area contributed by atoms with Gasteiger partial charge in [0.2, 0.25) is 5.91 Å². The Morgan fingerprint density at radius 3 is 2.37 bits per heavy atom. The fourth-order valence-corrected chi connectivity index (χ4v) is 2.82. The molecule has 7 nitrogen and oxygen atoms in total. The molecule has 2 N–H and O–H groups in total. The molecule has 3 aromatic rings. The van der Waals surface area contributed by atoms with Gasteiger partial charge in [-0.1, -0.05) is 0 Å². The Balaban J connectivity index is 1.63. The van der Waals surface area contributed by atoms with Gasteiger partial charge < -0.3 is 10.6 Å². The molecule has 1 heterocycles. The van der Waals surface area contributed by atoms with Crippen LogP contribution in [-0.2, 0) is 4.79 Å². The van der Waals surface area contributed by atoms with Gasteiger partial charge in [-0.05, 0) is 65.3 Å². The molecule has 0 fully saturated rings. The highest BCUT2D eigenvalue weighted by Gasteiger charge is 2.16. The molecular weight excluding hydrogens is 417 g/mol. The minimum atomic E-state index is -0.511. The summed E-state index contributed by atoms with van der Waals surface area (Å²) in [5.74, 6) is -1.05. The van der Waals surface area contributed by atoms with Crippen LogP contribution in [0.1, 0.15) is 23.3 Å². The molecule has 1 atom stereocenters. The standard InChI is InChI=1S/C18H15BrFN5O2/c1-11(25-10-21-9-22-25)17(26)23-13-3-5-14(6-4-13)24-18(27)15-7-2-12(20)8-16(15)19/h2-11H,1H3,(H,23,26)(H,24,27). The number of carbonyl (C=O) groups is 2. The maximum absolute atomic E-state index is 13.1. The first-order valence-corrected chi connectivity index (χ1v) is 8.75. The van der Waals surface area contributed by atoms with Gasteiger partial charge in [-0.3, -0.25) is 9.59 Å². The van der Waals surface area contributed by atoms with E-state index in [4.69, 9.17) is 0 Å². The van der Waals surface area contributed by atoms with Crippen LogP contribution in [0.5, 0.6) is 0 Å². The van der Waals surface area contributed by atoms with Crippen molar-refractivity contribution in [1.29, 1.82) is 0 Å². The zero-order valence-electron chi connectivity index (χ0n) is 14.2. The number of amides is 2. The van der Waals surface area contributed by atoms with Crippen LogP contribution in [0.25, 0.3) is 0 Å². The van der Waals surface area contributed by atoms with Crippen LogP contribution in [0.15, 0.2) is 59.6 Å². The number of nitrogens with zero attached hydrogens (tertiary/aromatic N) is 3. The van der Waals surface area contributed by atoms with E-state index in [-0.39, 0.29) is 11.8 Å². The summed E-state index contributed by atoms with van der Waals surface area (Å²) >= 11 is 3.17. The number of anilines is 2. The van der Waals surface area contributed by atoms with Gasteiger partial charge in [0.1, 0.15) is 24.5 Å². The second-order valence-electron chi connectivity index (χ2n) is 5.70. The third-order valence-electron chi connectivity index (χ3n) is 3.80. The number of hydrogen-bond acceptors (Lipinski definition) is 4. The summed E-state index contributed by atoms with van der Waals surface area (Å²) in [5, 5.41) is 9.42. The van der Waals surface area contributed by atoms with Crippen molar-refractivity contribution in [1.82, 2.24) is 14.8 Å². The lowest BCUT2D eigenvalue weighted by Crippen LogP contribution is -2.24. The van der Waals surface area contributed by atoms with Crippen molar-refractivity contribution < 1.29 is 14.0 Å². The minimum absolute atomic E-state index is 0.243. The van der Waals surface area contributed by atoms with Crippen LogP contribution in [0.4, 0.5) is 15.8 Å². The van der Waals surface area contributed by atoms with E-state index in [9.17, 15) is 14.0 Å². The van der Waals surface area contributed by atoms with Gasteiger partial charge in [-0.15, -0.1) is 0 Å². The maximum Gasteiger partial charge on any atom is 0.256 e. The molecule has 2 aromatic carbocycles. The van der Waals surface area contributed by atoms with Gasteiger partial charge in [-0.2, -0.15) is 5.10 Å². The molecule has 0 bridgehead atoms. The Morgan fingerprint density at radius 2 is 1.78 bits per heavy atom. The van der Waals surface area contributed by atoms with Crippen molar-refractivity contribution in [2.45, 2.75) is 13.0 Å². The van der Waals surface area contributed by atoms with Gasteiger partial charge in [0.25, 0.3) is 5.91 Å². The minimum Gasteiger partial charge on any atom is -0.324 e. The lowest BCUT2D eigenvalue weighted by atomic mass is 10.2. The lowest BCUT2D eigenvalue weighted by molar-refractivity contribution is -0.119. The zero-order chi connectivity index (χ0) is 19.4. The first kappa shape index (κ1) is 18.7. The van der Waals surface area contributed by atoms with Crippen molar-refractivity contribution in [3.8, 4) is 0 Å². The number of halogens is 2. The first-order valence-electron chi connectivity index (χ1n) is 7.95. The molecule has 9 heteroatoms. The second kappa shape index (κ2) is 8.09. The summed E-state index contributed by atoms with van der Waals surface area (Å²) in [7, 11) is 0. The molecule has 0 radical (unpaired) electrons. The van der Waals surface area contributed by atoms with E-state index in [0.29, 0.717) is 21.4 Å². The van der Waals surface area contributed by atoms with E-state index >= 15 is 0 Å². The summed E-state index contributed by atoms with van der Waals surface area (Å²) in [6, 6.07) is 9.98. The SMILES string of the molecule is CC(C(=O)Nc1ccc(NC(=O)c2ccc(F)cc2Br)cc1)n1cncn1. The molecule has 1 aromatic heterocycles. The molecule has 0 saturated heterocycles. The Labute approximate surface area is 162 Å². The maximum atomic E-state index is 13.1. The van der Waals surface area contributed by atoms with Crippen LogP contribution >= 0.6 is 15.9 Å². The Morgan fingerprint density at radius 1 is 1.11 bits per heavy atom. The van der Waals surface area contributed by atoms with Gasteiger partial charge in [-0.25, -0.2) is 14.1 Å². The topological polar surface area (TPSA) is 88.9 Å². The van der Waals surface area contributed by atoms with E-state index in [1.165, 1.54) is 35.5 Å². The predicted octanol–water partition coefficient (Wildman–Crippen LogP) is 3.63. The number of rotatable bonds is 5. The molecule has 0 aliphatic rings. The molecule has 27 heavy (non-hydrogen) atoms. The monoisotopic (exact) mass is 431 g/mol. The number of aromatic nitrogens is 3. The van der Waals surface area contributed by atoms with E-state index in [0.717, 1.165) is 0 Å². The number of hydrogen-bond donors (Lipinski definition) is 2. The van der Waals surface area contributed by atoms with Crippen molar-refractivity contribution in [2.75, 3.05) is 10.6 Å². The van der Waals surface area contributed by atoms with Crippen LogP contribution in [0.3, 0.4) is 0 Å². The highest BCUT2D eigenvalue weighted by molar-refractivity contribution is 9.10. The molecule has 0 spiro atoms. The fraction of sp³-hybridized carbons (Fsp3) is 0.111. The van der Waals surface area contributed by atoms with E-state index in [1.807, 2.05) is 0 Å². The van der Waals surface area contributed by atoms with Gasteiger partial charge in [0.05, 0.1) is 5.56 Å². The Bertz CT molecular complexity index is 960. The summed E-state index contributed by atoms with van der Waals surface area (Å²) in [6.45, 7) is 1.71. The predicted molar refractivity (Wildman–Crippen MR) is 102 cm³/mol. The van der Waals surface area contributed by atoms with Gasteiger partial charge in [0, 0.05) is 15.8 Å². The Kier molecular flexibility index (Phi) is 5.60. The van der Waals surface area contributed by atoms with Crippen LogP contribution in [0, 0.1) is 5.82 Å². The number of nitrogens with one attached hydrogen (secondary N) is 2. The second-order valence-corrected chi connectivity index (χ2v) is 6.55. The van der Waals surface area contributed by atoms with Crippen molar-refractivity contribution in [2.24, 2.45) is 0 Å². The normalized spacial score (nSPS) is 11.7. The van der Waals surface area contributed by atoms with Crippen LogP contribution in [0.2, 0.25) is 0 Å². The molecular formula is C18H15BrFN5O2. The van der Waals surface area contributed by atoms with E-state index < -0.39 is 11.9 Å². The first-order chi connectivity index (χ1) is 12.9. The molecule has 0 aliphatic heterocycles. The van der Waals surface area contributed by atoms with E-state index in [1.54, 1.807) is 31.2 Å². The van der Waals surface area contributed by atoms with Crippen molar-refractivity contribution in [3.05, 3.63) is 71.0 Å². The third-order valence-corrected chi connectivity index (χ3v) is 4.46. The van der Waals surface area contributed by atoms with Crippen molar-refractivity contribution in [3.63, 3.8) is 0 Å². The Hall–Kier alpha value is -3.07. The third kappa shape index (κ3) is 4.56. The summed E-state index contributed by atoms with van der Waals surface area (Å²) in [6.07, 6.45) is 2.83. The lowest BCUT2D eigenvalue weighted by Gasteiger charge is -2.12. The van der Waals surface area contributed by atoms with Gasteiger partial charge >= 0.3 is 0 Å². The molecule has 0 saturated carbocycles. The molecule has 2 amide bonds. The number of benzene rings is 2. The van der Waals surface area contributed by atoms with Gasteiger partial charge in [0.15, 0.2) is 0 Å².